The van der Waals surface area contributed by atoms with Crippen LogP contribution in [0.3, 0.4) is 0 Å². The van der Waals surface area contributed by atoms with E-state index >= 15 is 0 Å². The van der Waals surface area contributed by atoms with E-state index in [1.807, 2.05) is 30.3 Å². The van der Waals surface area contributed by atoms with E-state index in [1.54, 1.807) is 0 Å². The smallest absolute Gasteiger partial charge is 0.248 e. The van der Waals surface area contributed by atoms with Gasteiger partial charge in [0.2, 0.25) is 5.92 Å². The molecule has 1 aromatic rings. The third kappa shape index (κ3) is 3.50. The van der Waals surface area contributed by atoms with Crippen LogP contribution in [0.5, 0.6) is 0 Å². The van der Waals surface area contributed by atoms with Gasteiger partial charge >= 0.3 is 0 Å². The van der Waals surface area contributed by atoms with E-state index in [-0.39, 0.29) is 18.8 Å². The summed E-state index contributed by atoms with van der Waals surface area (Å²) in [5.41, 5.74) is 0.821. The molecule has 0 aromatic heterocycles. The summed E-state index contributed by atoms with van der Waals surface area (Å²) in [7, 11) is 0. The van der Waals surface area contributed by atoms with Crippen LogP contribution in [0.4, 0.5) is 8.78 Å². The van der Waals surface area contributed by atoms with Crippen molar-refractivity contribution in [2.24, 2.45) is 5.92 Å². The summed E-state index contributed by atoms with van der Waals surface area (Å²) < 4.78 is 26.5. The Balaban J connectivity index is 1.93. The molecule has 2 atom stereocenters. The molecule has 3 heteroatoms. The topological polar surface area (TPSA) is 20.2 Å². The quantitative estimate of drug-likeness (QED) is 0.848. The molecule has 1 fully saturated rings. The zero-order valence-corrected chi connectivity index (χ0v) is 9.78. The van der Waals surface area contributed by atoms with Crippen LogP contribution in [-0.4, -0.2) is 11.0 Å². The summed E-state index contributed by atoms with van der Waals surface area (Å²) in [6, 6.07) is 9.27. The van der Waals surface area contributed by atoms with Crippen LogP contribution in [0, 0.1) is 5.92 Å². The maximum Gasteiger partial charge on any atom is 0.248 e. The molecule has 0 saturated heterocycles. The van der Waals surface area contributed by atoms with Crippen LogP contribution in [0.15, 0.2) is 30.3 Å². The number of halogens is 2. The molecule has 2 rings (SSSR count). The molecule has 0 bridgehead atoms. The lowest BCUT2D eigenvalue weighted by Crippen LogP contribution is -2.27. The molecule has 0 radical (unpaired) electrons. The van der Waals surface area contributed by atoms with Gasteiger partial charge < -0.3 is 5.11 Å². The van der Waals surface area contributed by atoms with Crippen LogP contribution < -0.4 is 0 Å². The molecule has 94 valence electrons. The second-order valence-corrected chi connectivity index (χ2v) is 4.98. The highest BCUT2D eigenvalue weighted by Gasteiger charge is 2.36. The standard InChI is InChI=1S/C14H18F2O/c15-14(16)8-4-5-11(10-14)9-13(17)12-6-2-1-3-7-12/h1-3,6-7,11,13,17H,4-5,8-10H2. The van der Waals surface area contributed by atoms with Gasteiger partial charge in [-0.3, -0.25) is 0 Å². The van der Waals surface area contributed by atoms with Gasteiger partial charge in [-0.25, -0.2) is 8.78 Å². The zero-order chi connectivity index (χ0) is 12.3. The van der Waals surface area contributed by atoms with E-state index in [9.17, 15) is 13.9 Å². The summed E-state index contributed by atoms with van der Waals surface area (Å²) in [4.78, 5) is 0. The van der Waals surface area contributed by atoms with Crippen LogP contribution in [-0.2, 0) is 0 Å². The molecule has 0 aliphatic heterocycles. The largest absolute Gasteiger partial charge is 0.388 e. The molecule has 0 amide bonds. The van der Waals surface area contributed by atoms with Gasteiger partial charge in [-0.2, -0.15) is 0 Å². The van der Waals surface area contributed by atoms with Gasteiger partial charge in [-0.05, 0) is 30.7 Å². The van der Waals surface area contributed by atoms with Gasteiger partial charge in [0.25, 0.3) is 0 Å². The van der Waals surface area contributed by atoms with Crippen LogP contribution in [0.25, 0.3) is 0 Å². The van der Waals surface area contributed by atoms with Crippen LogP contribution >= 0.6 is 0 Å². The summed E-state index contributed by atoms with van der Waals surface area (Å²) in [6.07, 6.45) is 1.13. The van der Waals surface area contributed by atoms with Crippen molar-refractivity contribution < 1.29 is 13.9 Å². The fourth-order valence-electron chi connectivity index (χ4n) is 2.60. The van der Waals surface area contributed by atoms with Gasteiger partial charge in [0.1, 0.15) is 0 Å². The van der Waals surface area contributed by atoms with Crippen LogP contribution in [0.1, 0.15) is 43.8 Å². The van der Waals surface area contributed by atoms with Crippen molar-refractivity contribution in [2.75, 3.05) is 0 Å². The highest BCUT2D eigenvalue weighted by atomic mass is 19.3. The molecular weight excluding hydrogens is 222 g/mol. The lowest BCUT2D eigenvalue weighted by atomic mass is 9.82. The Kier molecular flexibility index (Phi) is 3.77. The van der Waals surface area contributed by atoms with Crippen LogP contribution in [0.2, 0.25) is 0 Å². The van der Waals surface area contributed by atoms with Gasteiger partial charge in [-0.1, -0.05) is 30.3 Å². The molecule has 1 saturated carbocycles. The Labute approximate surface area is 100 Å². The predicted molar refractivity (Wildman–Crippen MR) is 62.9 cm³/mol. The molecule has 1 aliphatic rings. The molecular formula is C14H18F2O. The number of benzene rings is 1. The van der Waals surface area contributed by atoms with E-state index < -0.39 is 12.0 Å². The Morgan fingerprint density at radius 1 is 1.29 bits per heavy atom. The maximum atomic E-state index is 13.2. The molecule has 1 nitrogen and oxygen atoms in total. The second kappa shape index (κ2) is 5.13. The van der Waals surface area contributed by atoms with Gasteiger partial charge in [-0.15, -0.1) is 0 Å². The van der Waals surface area contributed by atoms with Crippen molar-refractivity contribution >= 4 is 0 Å². The van der Waals surface area contributed by atoms with E-state index in [1.165, 1.54) is 0 Å². The molecule has 0 heterocycles. The first-order valence-electron chi connectivity index (χ1n) is 6.18. The first-order chi connectivity index (χ1) is 8.07. The summed E-state index contributed by atoms with van der Waals surface area (Å²) >= 11 is 0. The Hall–Kier alpha value is -0.960. The minimum absolute atomic E-state index is 0.00489. The molecule has 1 aromatic carbocycles. The van der Waals surface area contributed by atoms with Crippen molar-refractivity contribution in [1.29, 1.82) is 0 Å². The number of rotatable bonds is 3. The lowest BCUT2D eigenvalue weighted by molar-refractivity contribution is -0.0590. The number of aliphatic hydroxyl groups is 1. The fraction of sp³-hybridized carbons (Fsp3) is 0.571. The maximum absolute atomic E-state index is 13.2. The minimum atomic E-state index is -2.53. The average Bonchev–Trinajstić information content (AvgIpc) is 2.29. The van der Waals surface area contributed by atoms with E-state index in [0.29, 0.717) is 12.8 Å². The average molecular weight is 240 g/mol. The third-order valence-corrected chi connectivity index (χ3v) is 3.48. The SMILES string of the molecule is OC(CC1CCCC(F)(F)C1)c1ccccc1. The second-order valence-electron chi connectivity index (χ2n) is 4.98. The first kappa shape index (κ1) is 12.5. The first-order valence-corrected chi connectivity index (χ1v) is 6.18. The van der Waals surface area contributed by atoms with E-state index in [2.05, 4.69) is 0 Å². The Bertz CT molecular complexity index is 350. The van der Waals surface area contributed by atoms with Crippen molar-refractivity contribution in [3.05, 3.63) is 35.9 Å². The normalized spacial score (nSPS) is 25.5. The molecule has 17 heavy (non-hydrogen) atoms. The van der Waals surface area contributed by atoms with Crippen molar-refractivity contribution in [1.82, 2.24) is 0 Å². The van der Waals surface area contributed by atoms with Crippen molar-refractivity contribution in [3.63, 3.8) is 0 Å². The monoisotopic (exact) mass is 240 g/mol. The zero-order valence-electron chi connectivity index (χ0n) is 9.78. The summed E-state index contributed by atoms with van der Waals surface area (Å²) in [5, 5.41) is 10.00. The van der Waals surface area contributed by atoms with E-state index in [0.717, 1.165) is 12.0 Å². The minimum Gasteiger partial charge on any atom is -0.388 e. The number of aliphatic hydroxyl groups excluding tert-OH is 1. The summed E-state index contributed by atoms with van der Waals surface area (Å²) in [6.45, 7) is 0. The lowest BCUT2D eigenvalue weighted by Gasteiger charge is -2.30. The number of hydrogen-bond acceptors (Lipinski definition) is 1. The van der Waals surface area contributed by atoms with E-state index in [4.69, 9.17) is 0 Å². The molecule has 1 aliphatic carbocycles. The highest BCUT2D eigenvalue weighted by Crippen LogP contribution is 2.40. The van der Waals surface area contributed by atoms with Gasteiger partial charge in [0.05, 0.1) is 6.10 Å². The third-order valence-electron chi connectivity index (χ3n) is 3.48. The Morgan fingerprint density at radius 3 is 2.65 bits per heavy atom. The van der Waals surface area contributed by atoms with Crippen molar-refractivity contribution in [3.8, 4) is 0 Å². The predicted octanol–water partition coefficient (Wildman–Crippen LogP) is 3.94. The van der Waals surface area contributed by atoms with Gasteiger partial charge in [0.15, 0.2) is 0 Å². The molecule has 2 unspecified atom stereocenters. The molecule has 0 spiro atoms. The molecule has 1 N–H and O–H groups in total. The number of alkyl halides is 2. The highest BCUT2D eigenvalue weighted by molar-refractivity contribution is 5.17. The fourth-order valence-corrected chi connectivity index (χ4v) is 2.60. The van der Waals surface area contributed by atoms with Crippen molar-refractivity contribution in [2.45, 2.75) is 44.1 Å². The van der Waals surface area contributed by atoms with Gasteiger partial charge in [0, 0.05) is 12.8 Å². The number of hydrogen-bond donors (Lipinski definition) is 1. The Morgan fingerprint density at radius 2 is 2.00 bits per heavy atom. The summed E-state index contributed by atoms with van der Waals surface area (Å²) in [5.74, 6) is -2.59.